The van der Waals surface area contributed by atoms with E-state index in [-0.39, 0.29) is 12.0 Å². The Balaban J connectivity index is 2.17. The molecule has 1 aliphatic rings. The van der Waals surface area contributed by atoms with Crippen LogP contribution in [-0.2, 0) is 6.54 Å². The van der Waals surface area contributed by atoms with Gasteiger partial charge in [0.1, 0.15) is 6.07 Å². The third-order valence-corrected chi connectivity index (χ3v) is 3.96. The summed E-state index contributed by atoms with van der Waals surface area (Å²) in [6.45, 7) is 7.46. The van der Waals surface area contributed by atoms with E-state index in [4.69, 9.17) is 0 Å². The molecule has 108 valence electrons. The molecule has 1 aromatic rings. The number of anilines is 1. The van der Waals surface area contributed by atoms with Crippen LogP contribution in [0.15, 0.2) is 18.2 Å². The normalized spacial score (nSPS) is 22.6. The largest absolute Gasteiger partial charge is 0.393 e. The van der Waals surface area contributed by atoms with Gasteiger partial charge in [-0.2, -0.15) is 5.26 Å². The average molecular weight is 273 g/mol. The van der Waals surface area contributed by atoms with Gasteiger partial charge < -0.3 is 15.3 Å². The van der Waals surface area contributed by atoms with Crippen LogP contribution < -0.4 is 10.2 Å². The molecule has 4 nitrogen and oxygen atoms in total. The molecule has 2 rings (SSSR count). The minimum Gasteiger partial charge on any atom is -0.393 e. The van der Waals surface area contributed by atoms with Crippen molar-refractivity contribution < 1.29 is 5.11 Å². The maximum atomic E-state index is 9.81. The molecule has 4 heteroatoms. The lowest BCUT2D eigenvalue weighted by Gasteiger charge is -2.36. The molecule has 0 radical (unpaired) electrons. The third kappa shape index (κ3) is 3.30. The number of nitrogens with one attached hydrogen (secondary N) is 1. The molecule has 0 aromatic heterocycles. The average Bonchev–Trinajstić information content (AvgIpc) is 2.47. The Morgan fingerprint density at radius 3 is 2.95 bits per heavy atom. The first kappa shape index (κ1) is 14.8. The highest BCUT2D eigenvalue weighted by Crippen LogP contribution is 2.27. The molecule has 1 saturated heterocycles. The monoisotopic (exact) mass is 273 g/mol. The standard InChI is InChI=1S/C16H23N3O/c1-3-18-10-13-4-5-15(14(8-13)9-17)19-7-6-16(20)12(2)11-19/h4-5,8,12,16,18,20H,3,6-7,10-11H2,1-2H3. The molecule has 1 aromatic carbocycles. The fourth-order valence-corrected chi connectivity index (χ4v) is 2.68. The summed E-state index contributed by atoms with van der Waals surface area (Å²) in [5.41, 5.74) is 2.85. The zero-order chi connectivity index (χ0) is 14.5. The van der Waals surface area contributed by atoms with Gasteiger partial charge in [0.15, 0.2) is 0 Å². The molecular formula is C16H23N3O. The molecule has 2 N–H and O–H groups in total. The number of hydrogen-bond donors (Lipinski definition) is 2. The summed E-state index contributed by atoms with van der Waals surface area (Å²) in [7, 11) is 0. The van der Waals surface area contributed by atoms with Gasteiger partial charge in [-0.25, -0.2) is 0 Å². The van der Waals surface area contributed by atoms with Gasteiger partial charge in [-0.3, -0.25) is 0 Å². The van der Waals surface area contributed by atoms with Crippen molar-refractivity contribution >= 4 is 5.69 Å². The van der Waals surface area contributed by atoms with Crippen LogP contribution in [0.2, 0.25) is 0 Å². The van der Waals surface area contributed by atoms with Crippen molar-refractivity contribution in [2.24, 2.45) is 5.92 Å². The van der Waals surface area contributed by atoms with Crippen LogP contribution in [0.25, 0.3) is 0 Å². The lowest BCUT2D eigenvalue weighted by molar-refractivity contribution is 0.0971. The van der Waals surface area contributed by atoms with E-state index in [2.05, 4.69) is 36.2 Å². The smallest absolute Gasteiger partial charge is 0.101 e. The van der Waals surface area contributed by atoms with Crippen molar-refractivity contribution in [1.82, 2.24) is 5.32 Å². The van der Waals surface area contributed by atoms with E-state index in [1.54, 1.807) is 0 Å². The highest BCUT2D eigenvalue weighted by atomic mass is 16.3. The van der Waals surface area contributed by atoms with Gasteiger partial charge >= 0.3 is 0 Å². The number of rotatable bonds is 4. The molecule has 1 heterocycles. The molecule has 1 fully saturated rings. The maximum Gasteiger partial charge on any atom is 0.101 e. The predicted octanol–water partition coefficient (Wildman–Crippen LogP) is 1.87. The van der Waals surface area contributed by atoms with Crippen molar-refractivity contribution in [3.05, 3.63) is 29.3 Å². The molecule has 0 spiro atoms. The van der Waals surface area contributed by atoms with E-state index in [0.717, 1.165) is 49.4 Å². The summed E-state index contributed by atoms with van der Waals surface area (Å²) in [4.78, 5) is 2.22. The van der Waals surface area contributed by atoms with Crippen LogP contribution in [0.5, 0.6) is 0 Å². The molecule has 2 unspecified atom stereocenters. The number of piperidine rings is 1. The number of benzene rings is 1. The van der Waals surface area contributed by atoms with Crippen molar-refractivity contribution in [3.63, 3.8) is 0 Å². The highest BCUT2D eigenvalue weighted by molar-refractivity contribution is 5.60. The Morgan fingerprint density at radius 1 is 1.50 bits per heavy atom. The molecule has 0 bridgehead atoms. The first-order valence-corrected chi connectivity index (χ1v) is 7.32. The highest BCUT2D eigenvalue weighted by Gasteiger charge is 2.25. The van der Waals surface area contributed by atoms with Gasteiger partial charge in [0.25, 0.3) is 0 Å². The molecule has 0 amide bonds. The first-order chi connectivity index (χ1) is 9.65. The van der Waals surface area contributed by atoms with E-state index in [1.807, 2.05) is 12.1 Å². The van der Waals surface area contributed by atoms with Crippen LogP contribution in [0.4, 0.5) is 5.69 Å². The summed E-state index contributed by atoms with van der Waals surface area (Å²) in [6.07, 6.45) is 0.551. The second-order valence-corrected chi connectivity index (χ2v) is 5.52. The summed E-state index contributed by atoms with van der Waals surface area (Å²) in [5.74, 6) is 0.247. The van der Waals surface area contributed by atoms with Crippen molar-refractivity contribution in [2.45, 2.75) is 32.9 Å². The quantitative estimate of drug-likeness (QED) is 0.879. The molecule has 0 aliphatic carbocycles. The van der Waals surface area contributed by atoms with E-state index in [1.165, 1.54) is 0 Å². The van der Waals surface area contributed by atoms with Gasteiger partial charge in [-0.1, -0.05) is 19.9 Å². The molecule has 0 saturated carbocycles. The number of nitrogens with zero attached hydrogens (tertiary/aromatic N) is 2. The van der Waals surface area contributed by atoms with Gasteiger partial charge in [0.05, 0.1) is 17.4 Å². The number of nitriles is 1. The summed E-state index contributed by atoms with van der Waals surface area (Å²) >= 11 is 0. The van der Waals surface area contributed by atoms with Gasteiger partial charge in [0, 0.05) is 19.6 Å². The fourth-order valence-electron chi connectivity index (χ4n) is 2.68. The fraction of sp³-hybridized carbons (Fsp3) is 0.562. The number of hydrogen-bond acceptors (Lipinski definition) is 4. The van der Waals surface area contributed by atoms with E-state index in [0.29, 0.717) is 0 Å². The van der Waals surface area contributed by atoms with Gasteiger partial charge in [-0.05, 0) is 36.6 Å². The molecule has 2 atom stereocenters. The van der Waals surface area contributed by atoms with Crippen LogP contribution in [0.3, 0.4) is 0 Å². The molecular weight excluding hydrogens is 250 g/mol. The number of aliphatic hydroxyl groups is 1. The van der Waals surface area contributed by atoms with Crippen molar-refractivity contribution in [2.75, 3.05) is 24.5 Å². The van der Waals surface area contributed by atoms with Gasteiger partial charge in [0.2, 0.25) is 0 Å². The minimum absolute atomic E-state index is 0.218. The number of aliphatic hydroxyl groups excluding tert-OH is 1. The maximum absolute atomic E-state index is 9.81. The van der Waals surface area contributed by atoms with Crippen LogP contribution in [-0.4, -0.2) is 30.8 Å². The first-order valence-electron chi connectivity index (χ1n) is 7.32. The van der Waals surface area contributed by atoms with Crippen molar-refractivity contribution in [3.8, 4) is 6.07 Å². The SMILES string of the molecule is CCNCc1ccc(N2CCC(O)C(C)C2)c(C#N)c1. The second-order valence-electron chi connectivity index (χ2n) is 5.52. The van der Waals surface area contributed by atoms with E-state index < -0.39 is 0 Å². The zero-order valence-corrected chi connectivity index (χ0v) is 12.3. The van der Waals surface area contributed by atoms with Crippen LogP contribution >= 0.6 is 0 Å². The third-order valence-electron chi connectivity index (χ3n) is 3.96. The van der Waals surface area contributed by atoms with E-state index >= 15 is 0 Å². The van der Waals surface area contributed by atoms with Crippen LogP contribution in [0, 0.1) is 17.2 Å². The zero-order valence-electron chi connectivity index (χ0n) is 12.3. The Morgan fingerprint density at radius 2 is 2.30 bits per heavy atom. The second kappa shape index (κ2) is 6.74. The minimum atomic E-state index is -0.218. The summed E-state index contributed by atoms with van der Waals surface area (Å²) in [6, 6.07) is 8.39. The van der Waals surface area contributed by atoms with Crippen molar-refractivity contribution in [1.29, 1.82) is 5.26 Å². The Bertz CT molecular complexity index is 495. The Labute approximate surface area is 121 Å². The molecule has 20 heavy (non-hydrogen) atoms. The van der Waals surface area contributed by atoms with Crippen LogP contribution in [0.1, 0.15) is 31.4 Å². The Kier molecular flexibility index (Phi) is 4.99. The lowest BCUT2D eigenvalue weighted by atomic mass is 9.95. The predicted molar refractivity (Wildman–Crippen MR) is 80.5 cm³/mol. The molecule has 1 aliphatic heterocycles. The Hall–Kier alpha value is -1.57. The summed E-state index contributed by atoms with van der Waals surface area (Å²) < 4.78 is 0. The summed E-state index contributed by atoms with van der Waals surface area (Å²) in [5, 5.41) is 22.5. The van der Waals surface area contributed by atoms with E-state index in [9.17, 15) is 10.4 Å². The van der Waals surface area contributed by atoms with Gasteiger partial charge in [-0.15, -0.1) is 0 Å². The topological polar surface area (TPSA) is 59.3 Å². The lowest BCUT2D eigenvalue weighted by Crippen LogP contribution is -2.42.